The Morgan fingerprint density at radius 1 is 1.19 bits per heavy atom. The molecule has 0 radical (unpaired) electrons. The van der Waals surface area contributed by atoms with Crippen LogP contribution in [0.4, 0.5) is 0 Å². The summed E-state index contributed by atoms with van der Waals surface area (Å²) >= 11 is 10.5. The molecule has 1 unspecified atom stereocenters. The van der Waals surface area contributed by atoms with E-state index in [-0.39, 0.29) is 12.0 Å². The zero-order chi connectivity index (χ0) is 11.8. The van der Waals surface area contributed by atoms with E-state index < -0.39 is 2.14 Å². The van der Waals surface area contributed by atoms with Crippen molar-refractivity contribution in [3.8, 4) is 6.07 Å². The van der Waals surface area contributed by atoms with Crippen LogP contribution in [0.15, 0.2) is 29.3 Å². The van der Waals surface area contributed by atoms with Gasteiger partial charge in [-0.3, -0.25) is 4.99 Å². The van der Waals surface area contributed by atoms with Crippen LogP contribution in [0, 0.1) is 11.3 Å². The van der Waals surface area contributed by atoms with Gasteiger partial charge >= 0.3 is 0 Å². The maximum absolute atomic E-state index is 9.05. The van der Waals surface area contributed by atoms with Crippen LogP contribution in [0.5, 0.6) is 0 Å². The molecule has 0 saturated carbocycles. The number of benzene rings is 1. The van der Waals surface area contributed by atoms with Crippen molar-refractivity contribution in [1.82, 2.24) is 0 Å². The number of alkyl halides is 3. The average Bonchev–Trinajstić information content (AvgIpc) is 2.26. The van der Waals surface area contributed by atoms with Gasteiger partial charge in [-0.15, -0.1) is 0 Å². The number of nitriles is 1. The van der Waals surface area contributed by atoms with Gasteiger partial charge in [-0.05, 0) is 11.1 Å². The summed E-state index contributed by atoms with van der Waals surface area (Å²) in [4.78, 5) is 4.41. The van der Waals surface area contributed by atoms with Gasteiger partial charge in [-0.2, -0.15) is 5.26 Å². The van der Waals surface area contributed by atoms with E-state index in [1.807, 2.05) is 24.3 Å². The summed E-state index contributed by atoms with van der Waals surface area (Å²) in [6.07, 6.45) is 1.70. The van der Waals surface area contributed by atoms with E-state index in [9.17, 15) is 0 Å². The van der Waals surface area contributed by atoms with Crippen LogP contribution in [0.25, 0.3) is 0 Å². The molecule has 1 heterocycles. The van der Waals surface area contributed by atoms with Crippen molar-refractivity contribution in [3.63, 3.8) is 0 Å². The van der Waals surface area contributed by atoms with E-state index in [2.05, 4.69) is 58.9 Å². The number of hydrogen-bond acceptors (Lipinski definition) is 2. The molecule has 1 aliphatic heterocycles. The molecule has 1 aliphatic rings. The maximum atomic E-state index is 9.05. The van der Waals surface area contributed by atoms with Gasteiger partial charge in [0, 0.05) is 6.21 Å². The van der Waals surface area contributed by atoms with Crippen molar-refractivity contribution < 1.29 is 0 Å². The van der Waals surface area contributed by atoms with Crippen LogP contribution >= 0.6 is 47.8 Å². The maximum Gasteiger partial charge on any atom is 0.161 e. The topological polar surface area (TPSA) is 36.1 Å². The highest BCUT2D eigenvalue weighted by atomic mass is 80.0. The SMILES string of the molecule is N#CC1C=N[C@@H](C(Br)(Br)Br)c2ccccc21. The number of aliphatic imine (C=N–C) groups is 1. The van der Waals surface area contributed by atoms with Gasteiger partial charge in [-0.25, -0.2) is 0 Å². The number of halogens is 3. The zero-order valence-corrected chi connectivity index (χ0v) is 12.8. The summed E-state index contributed by atoms with van der Waals surface area (Å²) in [5.74, 6) is -0.248. The van der Waals surface area contributed by atoms with Crippen LogP contribution < -0.4 is 0 Å². The third-order valence-corrected chi connectivity index (χ3v) is 3.76. The molecule has 0 N–H and O–H groups in total. The Bertz CT molecular complexity index is 471. The van der Waals surface area contributed by atoms with Crippen molar-refractivity contribution in [1.29, 1.82) is 5.26 Å². The third kappa shape index (κ3) is 2.24. The Labute approximate surface area is 119 Å². The first-order chi connectivity index (χ1) is 7.54. The molecule has 82 valence electrons. The molecule has 2 nitrogen and oxygen atoms in total. The normalized spacial score (nSPS) is 23.6. The van der Waals surface area contributed by atoms with Gasteiger partial charge in [0.2, 0.25) is 0 Å². The Kier molecular flexibility index (Phi) is 3.53. The quantitative estimate of drug-likeness (QED) is 0.593. The summed E-state index contributed by atoms with van der Waals surface area (Å²) in [6, 6.07) is 10.0. The highest BCUT2D eigenvalue weighted by molar-refractivity contribution is 9.39. The van der Waals surface area contributed by atoms with Crippen LogP contribution in [0.2, 0.25) is 0 Å². The predicted octanol–water partition coefficient (Wildman–Crippen LogP) is 4.26. The van der Waals surface area contributed by atoms with Gasteiger partial charge in [0.15, 0.2) is 2.14 Å². The van der Waals surface area contributed by atoms with E-state index in [0.29, 0.717) is 0 Å². The molecule has 0 amide bonds. The smallest absolute Gasteiger partial charge is 0.161 e. The molecule has 0 spiro atoms. The third-order valence-electron chi connectivity index (χ3n) is 2.46. The fourth-order valence-electron chi connectivity index (χ4n) is 1.74. The fourth-order valence-corrected chi connectivity index (χ4v) is 2.83. The first-order valence-corrected chi connectivity index (χ1v) is 7.00. The lowest BCUT2D eigenvalue weighted by Crippen LogP contribution is -2.20. The molecule has 0 aromatic heterocycles. The summed E-state index contributed by atoms with van der Waals surface area (Å²) < 4.78 is -0.472. The number of rotatable bonds is 0. The Morgan fingerprint density at radius 2 is 1.81 bits per heavy atom. The summed E-state index contributed by atoms with van der Waals surface area (Å²) in [5.41, 5.74) is 2.08. The molecule has 2 rings (SSSR count). The van der Waals surface area contributed by atoms with Gasteiger partial charge in [0.1, 0.15) is 12.0 Å². The highest BCUT2D eigenvalue weighted by Gasteiger charge is 2.36. The van der Waals surface area contributed by atoms with Gasteiger partial charge in [-0.1, -0.05) is 72.1 Å². The number of nitrogens with zero attached hydrogens (tertiary/aromatic N) is 2. The van der Waals surface area contributed by atoms with Crippen molar-refractivity contribution >= 4 is 54.0 Å². The minimum absolute atomic E-state index is 0.0895. The van der Waals surface area contributed by atoms with E-state index in [1.54, 1.807) is 6.21 Å². The molecular formula is C11H7Br3N2. The second-order valence-corrected chi connectivity index (χ2v) is 10.4. The Balaban J connectivity index is 2.54. The van der Waals surface area contributed by atoms with Gasteiger partial charge < -0.3 is 0 Å². The Morgan fingerprint density at radius 3 is 2.38 bits per heavy atom. The second kappa shape index (κ2) is 4.59. The number of fused-ring (bicyclic) bond motifs is 1. The minimum atomic E-state index is -0.472. The van der Waals surface area contributed by atoms with Gasteiger partial charge in [0.05, 0.1) is 6.07 Å². The van der Waals surface area contributed by atoms with E-state index in [4.69, 9.17) is 5.26 Å². The van der Waals surface area contributed by atoms with Crippen LogP contribution in [0.3, 0.4) is 0 Å². The largest absolute Gasteiger partial charge is 0.284 e. The van der Waals surface area contributed by atoms with Crippen LogP contribution in [-0.4, -0.2) is 8.36 Å². The monoisotopic (exact) mass is 404 g/mol. The van der Waals surface area contributed by atoms with Crippen molar-refractivity contribution in [2.75, 3.05) is 0 Å². The van der Waals surface area contributed by atoms with Crippen LogP contribution in [0.1, 0.15) is 23.1 Å². The summed E-state index contributed by atoms with van der Waals surface area (Å²) in [5, 5.41) is 9.05. The predicted molar refractivity (Wildman–Crippen MR) is 75.5 cm³/mol. The molecule has 16 heavy (non-hydrogen) atoms. The summed E-state index contributed by atoms with van der Waals surface area (Å²) in [6.45, 7) is 0. The molecule has 5 heteroatoms. The second-order valence-electron chi connectivity index (χ2n) is 3.48. The molecule has 2 atom stereocenters. The molecule has 0 aliphatic carbocycles. The standard InChI is InChI=1S/C11H7Br3N2/c12-11(13,14)10-9-4-2-1-3-8(9)7(5-15)6-16-10/h1-4,6-7,10H/t7?,10-/m1/s1. The lowest BCUT2D eigenvalue weighted by atomic mass is 9.90. The van der Waals surface area contributed by atoms with Crippen LogP contribution in [-0.2, 0) is 0 Å². The van der Waals surface area contributed by atoms with E-state index in [1.165, 1.54) is 0 Å². The highest BCUT2D eigenvalue weighted by Crippen LogP contribution is 2.50. The fraction of sp³-hybridized carbons (Fsp3) is 0.273. The zero-order valence-electron chi connectivity index (χ0n) is 8.07. The molecule has 0 bridgehead atoms. The molecule has 0 saturated heterocycles. The minimum Gasteiger partial charge on any atom is -0.284 e. The first kappa shape index (κ1) is 12.3. The molecule has 0 fully saturated rings. The lowest BCUT2D eigenvalue weighted by Gasteiger charge is -2.28. The lowest BCUT2D eigenvalue weighted by molar-refractivity contribution is 0.763. The Hall–Kier alpha value is -0.180. The molecular weight excluding hydrogens is 400 g/mol. The number of hydrogen-bond donors (Lipinski definition) is 0. The van der Waals surface area contributed by atoms with Crippen molar-refractivity contribution in [3.05, 3.63) is 35.4 Å². The van der Waals surface area contributed by atoms with Crippen molar-refractivity contribution in [2.24, 2.45) is 4.99 Å². The average molecular weight is 407 g/mol. The van der Waals surface area contributed by atoms with E-state index >= 15 is 0 Å². The first-order valence-electron chi connectivity index (χ1n) is 4.62. The summed E-state index contributed by atoms with van der Waals surface area (Å²) in [7, 11) is 0. The molecule has 1 aromatic carbocycles. The van der Waals surface area contributed by atoms with Crippen molar-refractivity contribution in [2.45, 2.75) is 14.1 Å². The van der Waals surface area contributed by atoms with Gasteiger partial charge in [0.25, 0.3) is 0 Å². The molecule has 1 aromatic rings. The van der Waals surface area contributed by atoms with E-state index in [0.717, 1.165) is 11.1 Å².